The molecule has 1 aromatic heterocycles. The highest BCUT2D eigenvalue weighted by Gasteiger charge is 2.13. The fourth-order valence-electron chi connectivity index (χ4n) is 1.43. The van der Waals surface area contributed by atoms with Crippen LogP contribution in [0.4, 0.5) is 10.1 Å². The standard InChI is InChI=1S/C12H14FN3OS/c1-2-5-18-7-11-15-12(17-16-11)9-4-3-8(14)6-10(9)13/h3-4,6H,2,5,7,14H2,1H3. The molecule has 0 aliphatic heterocycles. The monoisotopic (exact) mass is 267 g/mol. The maximum absolute atomic E-state index is 13.6. The van der Waals surface area contributed by atoms with Crippen molar-refractivity contribution < 1.29 is 8.91 Å². The number of nitrogen functional groups attached to an aromatic ring is 1. The van der Waals surface area contributed by atoms with Crippen molar-refractivity contribution >= 4 is 17.4 Å². The van der Waals surface area contributed by atoms with Gasteiger partial charge >= 0.3 is 0 Å². The van der Waals surface area contributed by atoms with Gasteiger partial charge in [-0.2, -0.15) is 16.7 Å². The van der Waals surface area contributed by atoms with Crippen molar-refractivity contribution in [2.24, 2.45) is 0 Å². The Morgan fingerprint density at radius 3 is 3.00 bits per heavy atom. The SMILES string of the molecule is CCCSCc1noc(-c2ccc(N)cc2F)n1. The van der Waals surface area contributed by atoms with Crippen LogP contribution in [0.2, 0.25) is 0 Å². The molecular formula is C12H14FN3OS. The minimum atomic E-state index is -0.452. The summed E-state index contributed by atoms with van der Waals surface area (Å²) in [6.07, 6.45) is 1.10. The Labute approximate surface area is 109 Å². The van der Waals surface area contributed by atoms with Crippen LogP contribution < -0.4 is 5.73 Å². The van der Waals surface area contributed by atoms with E-state index >= 15 is 0 Å². The minimum Gasteiger partial charge on any atom is -0.399 e. The van der Waals surface area contributed by atoms with E-state index in [0.29, 0.717) is 17.3 Å². The van der Waals surface area contributed by atoms with E-state index in [1.54, 1.807) is 23.9 Å². The largest absolute Gasteiger partial charge is 0.399 e. The molecule has 0 atom stereocenters. The van der Waals surface area contributed by atoms with Crippen LogP contribution in [-0.2, 0) is 5.75 Å². The Bertz CT molecular complexity index is 530. The number of nitrogens with zero attached hydrogens (tertiary/aromatic N) is 2. The molecular weight excluding hydrogens is 253 g/mol. The summed E-state index contributed by atoms with van der Waals surface area (Å²) in [5, 5.41) is 3.82. The number of benzene rings is 1. The molecule has 1 heterocycles. The van der Waals surface area contributed by atoms with Gasteiger partial charge in [0.2, 0.25) is 0 Å². The van der Waals surface area contributed by atoms with Crippen LogP contribution in [0.5, 0.6) is 0 Å². The quantitative estimate of drug-likeness (QED) is 0.666. The second-order valence-corrected chi connectivity index (χ2v) is 4.91. The first-order chi connectivity index (χ1) is 8.70. The van der Waals surface area contributed by atoms with Gasteiger partial charge in [-0.05, 0) is 30.4 Å². The van der Waals surface area contributed by atoms with Gasteiger partial charge in [-0.3, -0.25) is 0 Å². The molecule has 1 aromatic carbocycles. The van der Waals surface area contributed by atoms with Crippen LogP contribution in [0.3, 0.4) is 0 Å². The molecule has 0 spiro atoms. The van der Waals surface area contributed by atoms with Gasteiger partial charge in [-0.15, -0.1) is 0 Å². The topological polar surface area (TPSA) is 64.9 Å². The van der Waals surface area contributed by atoms with Crippen molar-refractivity contribution in [2.75, 3.05) is 11.5 Å². The van der Waals surface area contributed by atoms with E-state index in [1.165, 1.54) is 6.07 Å². The van der Waals surface area contributed by atoms with Crippen LogP contribution in [0.15, 0.2) is 22.7 Å². The van der Waals surface area contributed by atoms with Gasteiger partial charge in [0.15, 0.2) is 5.82 Å². The Kier molecular flexibility index (Phi) is 4.19. The smallest absolute Gasteiger partial charge is 0.260 e. The summed E-state index contributed by atoms with van der Waals surface area (Å²) in [5.74, 6) is 2.04. The third kappa shape index (κ3) is 3.01. The third-order valence-corrected chi connectivity index (χ3v) is 3.43. The number of rotatable bonds is 5. The van der Waals surface area contributed by atoms with Gasteiger partial charge in [-0.1, -0.05) is 12.1 Å². The second-order valence-electron chi connectivity index (χ2n) is 3.81. The lowest BCUT2D eigenvalue weighted by atomic mass is 10.2. The van der Waals surface area contributed by atoms with E-state index in [9.17, 15) is 4.39 Å². The first-order valence-electron chi connectivity index (χ1n) is 5.66. The molecule has 18 heavy (non-hydrogen) atoms. The number of thioether (sulfide) groups is 1. The van der Waals surface area contributed by atoms with Crippen LogP contribution in [0.25, 0.3) is 11.5 Å². The van der Waals surface area contributed by atoms with Crippen LogP contribution in [0, 0.1) is 5.82 Å². The van der Waals surface area contributed by atoms with Crippen molar-refractivity contribution in [3.05, 3.63) is 29.8 Å². The first kappa shape index (κ1) is 12.9. The maximum atomic E-state index is 13.6. The third-order valence-electron chi connectivity index (χ3n) is 2.27. The molecule has 6 heteroatoms. The molecule has 0 radical (unpaired) electrons. The molecule has 0 amide bonds. The predicted octanol–water partition coefficient (Wildman–Crippen LogP) is 3.10. The molecule has 96 valence electrons. The fourth-order valence-corrected chi connectivity index (χ4v) is 2.17. The zero-order chi connectivity index (χ0) is 13.0. The molecule has 4 nitrogen and oxygen atoms in total. The van der Waals surface area contributed by atoms with Gasteiger partial charge in [0.05, 0.1) is 11.3 Å². The van der Waals surface area contributed by atoms with Crippen molar-refractivity contribution in [1.29, 1.82) is 0 Å². The lowest BCUT2D eigenvalue weighted by Gasteiger charge is -1.98. The summed E-state index contributed by atoms with van der Waals surface area (Å²) in [6.45, 7) is 2.11. The summed E-state index contributed by atoms with van der Waals surface area (Å²) in [5.41, 5.74) is 6.13. The van der Waals surface area contributed by atoms with Gasteiger partial charge in [0, 0.05) is 5.69 Å². The first-order valence-corrected chi connectivity index (χ1v) is 6.82. The Morgan fingerprint density at radius 1 is 1.44 bits per heavy atom. The highest BCUT2D eigenvalue weighted by atomic mass is 32.2. The highest BCUT2D eigenvalue weighted by Crippen LogP contribution is 2.23. The molecule has 0 aliphatic carbocycles. The van der Waals surface area contributed by atoms with Crippen LogP contribution in [0.1, 0.15) is 19.2 Å². The summed E-state index contributed by atoms with van der Waals surface area (Å²) < 4.78 is 18.7. The number of hydrogen-bond acceptors (Lipinski definition) is 5. The predicted molar refractivity (Wildman–Crippen MR) is 70.6 cm³/mol. The molecule has 2 aromatic rings. The molecule has 2 N–H and O–H groups in total. The lowest BCUT2D eigenvalue weighted by molar-refractivity contribution is 0.423. The average Bonchev–Trinajstić information content (AvgIpc) is 2.78. The number of aromatic nitrogens is 2. The molecule has 0 saturated carbocycles. The summed E-state index contributed by atoms with van der Waals surface area (Å²) in [4.78, 5) is 4.16. The van der Waals surface area contributed by atoms with E-state index in [-0.39, 0.29) is 11.5 Å². The summed E-state index contributed by atoms with van der Waals surface area (Å²) in [6, 6.07) is 4.39. The average molecular weight is 267 g/mol. The molecule has 0 aliphatic rings. The maximum Gasteiger partial charge on any atom is 0.260 e. The van der Waals surface area contributed by atoms with E-state index in [2.05, 4.69) is 17.1 Å². The van der Waals surface area contributed by atoms with Crippen molar-refractivity contribution in [2.45, 2.75) is 19.1 Å². The molecule has 0 bridgehead atoms. The normalized spacial score (nSPS) is 10.8. The lowest BCUT2D eigenvalue weighted by Crippen LogP contribution is -1.90. The molecule has 0 fully saturated rings. The van der Waals surface area contributed by atoms with Crippen molar-refractivity contribution in [3.8, 4) is 11.5 Å². The molecule has 0 unspecified atom stereocenters. The van der Waals surface area contributed by atoms with E-state index in [0.717, 1.165) is 12.2 Å². The van der Waals surface area contributed by atoms with Gasteiger partial charge in [-0.25, -0.2) is 4.39 Å². The van der Waals surface area contributed by atoms with Gasteiger partial charge < -0.3 is 10.3 Å². The Balaban J connectivity index is 2.13. The number of hydrogen-bond donors (Lipinski definition) is 1. The zero-order valence-corrected chi connectivity index (χ0v) is 10.8. The van der Waals surface area contributed by atoms with Crippen LogP contribution >= 0.6 is 11.8 Å². The van der Waals surface area contributed by atoms with E-state index in [1.807, 2.05) is 0 Å². The van der Waals surface area contributed by atoms with Crippen molar-refractivity contribution in [1.82, 2.24) is 10.1 Å². The van der Waals surface area contributed by atoms with E-state index < -0.39 is 5.82 Å². The zero-order valence-electron chi connectivity index (χ0n) is 10.0. The van der Waals surface area contributed by atoms with Gasteiger partial charge in [0.1, 0.15) is 5.82 Å². The van der Waals surface area contributed by atoms with Gasteiger partial charge in [0.25, 0.3) is 5.89 Å². The summed E-state index contributed by atoms with van der Waals surface area (Å²) in [7, 11) is 0. The molecule has 0 saturated heterocycles. The number of anilines is 1. The number of nitrogens with two attached hydrogens (primary N) is 1. The van der Waals surface area contributed by atoms with Crippen molar-refractivity contribution in [3.63, 3.8) is 0 Å². The number of halogens is 1. The Hall–Kier alpha value is -1.56. The van der Waals surface area contributed by atoms with Crippen LogP contribution in [-0.4, -0.2) is 15.9 Å². The summed E-state index contributed by atoms with van der Waals surface area (Å²) >= 11 is 1.72. The second kappa shape index (κ2) is 5.86. The Morgan fingerprint density at radius 2 is 2.28 bits per heavy atom. The minimum absolute atomic E-state index is 0.194. The van der Waals surface area contributed by atoms with E-state index in [4.69, 9.17) is 10.3 Å². The highest BCUT2D eigenvalue weighted by molar-refractivity contribution is 7.98. The fraction of sp³-hybridized carbons (Fsp3) is 0.333. The molecule has 2 rings (SSSR count).